The number of hydrogen-bond donors (Lipinski definition) is 0. The van der Waals surface area contributed by atoms with Crippen molar-refractivity contribution in [2.45, 2.75) is 13.3 Å². The maximum absolute atomic E-state index is 14.5. The van der Waals surface area contributed by atoms with Crippen LogP contribution in [-0.2, 0) is 0 Å². The Morgan fingerprint density at radius 1 is 0.950 bits per heavy atom. The maximum atomic E-state index is 14.5. The molecule has 2 heteroatoms. The first kappa shape index (κ1) is 12.9. The molecule has 0 atom stereocenters. The molecular weight excluding hydrogens is 249 g/mol. The summed E-state index contributed by atoms with van der Waals surface area (Å²) >= 11 is 0. The zero-order valence-electron chi connectivity index (χ0n) is 11.6. The summed E-state index contributed by atoms with van der Waals surface area (Å²) in [4.78, 5) is 2.09. The molecule has 0 bridgehead atoms. The van der Waals surface area contributed by atoms with Crippen molar-refractivity contribution < 1.29 is 4.39 Å². The zero-order chi connectivity index (χ0) is 13.9. The van der Waals surface area contributed by atoms with E-state index in [0.29, 0.717) is 6.54 Å². The molecule has 102 valence electrons. The molecular formula is C18H18FN. The summed E-state index contributed by atoms with van der Waals surface area (Å²) in [6.07, 6.45) is 0.756. The molecule has 0 aromatic heterocycles. The molecule has 0 unspecified atom stereocenters. The van der Waals surface area contributed by atoms with Crippen LogP contribution in [0.15, 0.2) is 60.4 Å². The molecule has 0 radical (unpaired) electrons. The van der Waals surface area contributed by atoms with Gasteiger partial charge < -0.3 is 4.90 Å². The van der Waals surface area contributed by atoms with Gasteiger partial charge in [0.2, 0.25) is 0 Å². The van der Waals surface area contributed by atoms with E-state index in [9.17, 15) is 4.39 Å². The smallest absolute Gasteiger partial charge is 0.123 e. The van der Waals surface area contributed by atoms with Crippen LogP contribution in [0.3, 0.4) is 0 Å². The van der Waals surface area contributed by atoms with Crippen LogP contribution in [0.1, 0.15) is 17.5 Å². The monoisotopic (exact) mass is 267 g/mol. The molecule has 0 N–H and O–H groups in total. The molecule has 0 aliphatic carbocycles. The number of nitrogens with zero attached hydrogens (tertiary/aromatic N) is 1. The van der Waals surface area contributed by atoms with Crippen LogP contribution >= 0.6 is 0 Å². The normalized spacial score (nSPS) is 15.6. The van der Waals surface area contributed by atoms with Crippen LogP contribution < -0.4 is 4.90 Å². The van der Waals surface area contributed by atoms with Gasteiger partial charge >= 0.3 is 0 Å². The molecule has 1 heterocycles. The van der Waals surface area contributed by atoms with E-state index >= 15 is 0 Å². The van der Waals surface area contributed by atoms with Gasteiger partial charge in [-0.1, -0.05) is 42.5 Å². The van der Waals surface area contributed by atoms with E-state index < -0.39 is 0 Å². The second-order valence-electron chi connectivity index (χ2n) is 5.21. The first-order valence-corrected chi connectivity index (χ1v) is 6.99. The number of hydrogen-bond acceptors (Lipinski definition) is 1. The van der Waals surface area contributed by atoms with Gasteiger partial charge in [-0.25, -0.2) is 4.39 Å². The van der Waals surface area contributed by atoms with Crippen molar-refractivity contribution in [3.05, 3.63) is 71.6 Å². The fourth-order valence-corrected chi connectivity index (χ4v) is 2.78. The molecule has 2 aromatic carbocycles. The van der Waals surface area contributed by atoms with E-state index in [1.165, 1.54) is 0 Å². The van der Waals surface area contributed by atoms with Crippen molar-refractivity contribution >= 4 is 11.3 Å². The lowest BCUT2D eigenvalue weighted by atomic mass is 9.95. The van der Waals surface area contributed by atoms with E-state index in [1.54, 1.807) is 0 Å². The average molecular weight is 267 g/mol. The van der Waals surface area contributed by atoms with E-state index in [2.05, 4.69) is 4.90 Å². The van der Waals surface area contributed by atoms with Crippen LogP contribution in [0, 0.1) is 6.92 Å². The van der Waals surface area contributed by atoms with Crippen molar-refractivity contribution in [3.63, 3.8) is 0 Å². The van der Waals surface area contributed by atoms with Gasteiger partial charge in [0.25, 0.3) is 0 Å². The first-order valence-electron chi connectivity index (χ1n) is 6.99. The highest BCUT2D eigenvalue weighted by Crippen LogP contribution is 2.32. The molecule has 0 saturated carbocycles. The Hall–Kier alpha value is -2.09. The predicted octanol–water partition coefficient (Wildman–Crippen LogP) is 4.59. The van der Waals surface area contributed by atoms with Crippen molar-refractivity contribution in [1.82, 2.24) is 0 Å². The summed E-state index contributed by atoms with van der Waals surface area (Å²) < 4.78 is 14.5. The Labute approximate surface area is 119 Å². The maximum Gasteiger partial charge on any atom is 0.123 e. The van der Waals surface area contributed by atoms with Crippen LogP contribution in [0.4, 0.5) is 10.1 Å². The van der Waals surface area contributed by atoms with Gasteiger partial charge in [0.1, 0.15) is 5.83 Å². The Bertz CT molecular complexity index is 631. The summed E-state index contributed by atoms with van der Waals surface area (Å²) in [6.45, 7) is 3.27. The Morgan fingerprint density at radius 2 is 1.65 bits per heavy atom. The second-order valence-corrected chi connectivity index (χ2v) is 5.21. The highest BCUT2D eigenvalue weighted by Gasteiger charge is 2.21. The average Bonchev–Trinajstić information content (AvgIpc) is 2.49. The fraction of sp³-hybridized carbons (Fsp3) is 0.222. The van der Waals surface area contributed by atoms with Gasteiger partial charge in [-0.15, -0.1) is 0 Å². The lowest BCUT2D eigenvalue weighted by molar-refractivity contribution is 0.583. The number of anilines is 1. The number of rotatable bonds is 2. The minimum atomic E-state index is -0.00518. The minimum absolute atomic E-state index is 0.00518. The Kier molecular flexibility index (Phi) is 3.55. The quantitative estimate of drug-likeness (QED) is 0.769. The topological polar surface area (TPSA) is 3.24 Å². The van der Waals surface area contributed by atoms with E-state index in [0.717, 1.165) is 35.4 Å². The molecule has 0 spiro atoms. The van der Waals surface area contributed by atoms with Gasteiger partial charge in [-0.05, 0) is 42.2 Å². The summed E-state index contributed by atoms with van der Waals surface area (Å²) in [7, 11) is 0. The molecule has 0 fully saturated rings. The molecule has 0 saturated heterocycles. The second kappa shape index (κ2) is 5.49. The third kappa shape index (κ3) is 2.46. The zero-order valence-corrected chi connectivity index (χ0v) is 11.6. The van der Waals surface area contributed by atoms with E-state index in [1.807, 2.05) is 61.5 Å². The fourth-order valence-electron chi connectivity index (χ4n) is 2.78. The Balaban J connectivity index is 1.88. The summed E-state index contributed by atoms with van der Waals surface area (Å²) in [5.74, 6) is -0.00518. The van der Waals surface area contributed by atoms with Crippen LogP contribution in [0.2, 0.25) is 0 Å². The summed E-state index contributed by atoms with van der Waals surface area (Å²) in [6, 6.07) is 18.1. The number of aryl methyl sites for hydroxylation is 1. The number of halogens is 1. The van der Waals surface area contributed by atoms with Gasteiger partial charge in [-0.3, -0.25) is 0 Å². The third-order valence-corrected chi connectivity index (χ3v) is 3.88. The highest BCUT2D eigenvalue weighted by atomic mass is 19.1. The molecule has 0 amide bonds. The molecule has 1 aliphatic heterocycles. The largest absolute Gasteiger partial charge is 0.364 e. The third-order valence-electron chi connectivity index (χ3n) is 3.88. The van der Waals surface area contributed by atoms with Crippen LogP contribution in [0.5, 0.6) is 0 Å². The molecule has 1 aliphatic rings. The van der Waals surface area contributed by atoms with Crippen molar-refractivity contribution in [2.24, 2.45) is 0 Å². The predicted molar refractivity (Wildman–Crippen MR) is 82.5 cm³/mol. The lowest BCUT2D eigenvalue weighted by Crippen LogP contribution is -2.30. The molecule has 2 aromatic rings. The lowest BCUT2D eigenvalue weighted by Gasteiger charge is -2.30. The van der Waals surface area contributed by atoms with Crippen molar-refractivity contribution in [2.75, 3.05) is 18.0 Å². The van der Waals surface area contributed by atoms with Crippen LogP contribution in [0.25, 0.3) is 5.57 Å². The number of para-hydroxylation sites is 1. The minimum Gasteiger partial charge on any atom is -0.364 e. The van der Waals surface area contributed by atoms with Gasteiger partial charge in [0.15, 0.2) is 0 Å². The summed E-state index contributed by atoms with van der Waals surface area (Å²) in [5, 5.41) is 0. The van der Waals surface area contributed by atoms with Crippen LogP contribution in [-0.4, -0.2) is 13.1 Å². The standard InChI is InChI=1S/C18H18FN/c1-14-7-5-6-10-16(14)17-11-12-20(13-18(17)19)15-8-3-2-4-9-15/h2-10H,11-13H2,1H3. The number of benzene rings is 2. The molecule has 20 heavy (non-hydrogen) atoms. The first-order chi connectivity index (χ1) is 9.75. The highest BCUT2D eigenvalue weighted by molar-refractivity contribution is 5.72. The van der Waals surface area contributed by atoms with Gasteiger partial charge in [0.05, 0.1) is 6.54 Å². The van der Waals surface area contributed by atoms with Crippen molar-refractivity contribution in [3.8, 4) is 0 Å². The summed E-state index contributed by atoms with van der Waals surface area (Å²) in [5.41, 5.74) is 4.16. The Morgan fingerprint density at radius 3 is 2.35 bits per heavy atom. The molecule has 1 nitrogen and oxygen atoms in total. The van der Waals surface area contributed by atoms with Gasteiger partial charge in [-0.2, -0.15) is 0 Å². The van der Waals surface area contributed by atoms with Gasteiger partial charge in [0, 0.05) is 12.2 Å². The SMILES string of the molecule is Cc1ccccc1C1=C(F)CN(c2ccccc2)CC1. The van der Waals surface area contributed by atoms with E-state index in [4.69, 9.17) is 0 Å². The van der Waals surface area contributed by atoms with E-state index in [-0.39, 0.29) is 5.83 Å². The molecule has 3 rings (SSSR count). The van der Waals surface area contributed by atoms with Crippen molar-refractivity contribution in [1.29, 1.82) is 0 Å².